The minimum absolute atomic E-state index is 0. The third-order valence-electron chi connectivity index (χ3n) is 4.98. The van der Waals surface area contributed by atoms with Crippen molar-refractivity contribution in [2.45, 2.75) is 63.0 Å². The summed E-state index contributed by atoms with van der Waals surface area (Å²) >= 11 is 0. The lowest BCUT2D eigenvalue weighted by atomic mass is 9.96. The molecule has 4 aliphatic rings. The highest BCUT2D eigenvalue weighted by Crippen LogP contribution is 2.49. The van der Waals surface area contributed by atoms with Gasteiger partial charge in [0.05, 0.1) is 19.7 Å². The monoisotopic (exact) mass is 291 g/mol. The zero-order valence-electron chi connectivity index (χ0n) is 10.1. The molecule has 0 amide bonds. The maximum atomic E-state index is 10.2. The van der Waals surface area contributed by atoms with Crippen LogP contribution in [-0.2, 0) is 4.74 Å². The Labute approximate surface area is 108 Å². The van der Waals surface area contributed by atoms with Gasteiger partial charge in [0, 0.05) is 12.8 Å². The summed E-state index contributed by atoms with van der Waals surface area (Å²) in [5, 5.41) is 10.2. The molecule has 1 N–H and O–H groups in total. The predicted molar refractivity (Wildman–Crippen MR) is 57.4 cm³/mol. The lowest BCUT2D eigenvalue weighted by Gasteiger charge is -2.44. The molecule has 3 nitrogen and oxygen atoms in total. The van der Waals surface area contributed by atoms with Crippen molar-refractivity contribution in [3.05, 3.63) is 0 Å². The number of halogens is 1. The van der Waals surface area contributed by atoms with Crippen LogP contribution in [0.2, 0.25) is 0 Å². The van der Waals surface area contributed by atoms with Gasteiger partial charge in [0.2, 0.25) is 0 Å². The predicted octanol–water partition coefficient (Wildman–Crippen LogP) is -2.09. The minimum Gasteiger partial charge on any atom is -1.00 e. The van der Waals surface area contributed by atoms with Crippen LogP contribution >= 0.6 is 0 Å². The summed E-state index contributed by atoms with van der Waals surface area (Å²) < 4.78 is 6.95. The lowest BCUT2D eigenvalue weighted by molar-refractivity contribution is -0.948. The average Bonchev–Trinajstić information content (AvgIpc) is 2.63. The van der Waals surface area contributed by atoms with E-state index in [0.717, 1.165) is 10.9 Å². The highest BCUT2D eigenvalue weighted by Gasteiger charge is 2.67. The quantitative estimate of drug-likeness (QED) is 0.605. The van der Waals surface area contributed by atoms with Crippen LogP contribution < -0.4 is 17.0 Å². The van der Waals surface area contributed by atoms with Gasteiger partial charge in [-0.1, -0.05) is 13.3 Å². The minimum atomic E-state index is -0.199. The van der Waals surface area contributed by atoms with Gasteiger partial charge in [-0.3, -0.25) is 0 Å². The number of hydrogen-bond acceptors (Lipinski definition) is 2. The fraction of sp³-hybridized carbons (Fsp3) is 1.00. The van der Waals surface area contributed by atoms with E-state index < -0.39 is 0 Å². The van der Waals surface area contributed by atoms with Crippen molar-refractivity contribution in [3.8, 4) is 0 Å². The summed E-state index contributed by atoms with van der Waals surface area (Å²) in [6.07, 6.45) is 5.19. The molecular weight excluding hydrogens is 270 g/mol. The SMILES string of the molecule is CCCC[N+]1(C)[C@@H]2C[C@@H]3C[C@H]1[C@@H](O3)[C@@H]2O.[Br-]. The summed E-state index contributed by atoms with van der Waals surface area (Å²) in [6, 6.07) is 1.04. The topological polar surface area (TPSA) is 29.5 Å². The molecule has 0 radical (unpaired) electrons. The van der Waals surface area contributed by atoms with Crippen LogP contribution in [0.5, 0.6) is 0 Å². The summed E-state index contributed by atoms with van der Waals surface area (Å²) in [7, 11) is 2.33. The van der Waals surface area contributed by atoms with Crippen molar-refractivity contribution in [2.75, 3.05) is 13.6 Å². The summed E-state index contributed by atoms with van der Waals surface area (Å²) in [4.78, 5) is 0. The van der Waals surface area contributed by atoms with Crippen LogP contribution in [-0.4, -0.2) is 53.6 Å². The number of aliphatic hydroxyl groups is 1. The van der Waals surface area contributed by atoms with Gasteiger partial charge in [-0.15, -0.1) is 0 Å². The van der Waals surface area contributed by atoms with Crippen molar-refractivity contribution in [3.63, 3.8) is 0 Å². The zero-order valence-corrected chi connectivity index (χ0v) is 11.7. The van der Waals surface area contributed by atoms with E-state index in [9.17, 15) is 5.11 Å². The highest BCUT2D eigenvalue weighted by molar-refractivity contribution is 5.04. The molecule has 4 heterocycles. The smallest absolute Gasteiger partial charge is 0.141 e. The van der Waals surface area contributed by atoms with Crippen molar-refractivity contribution in [1.29, 1.82) is 0 Å². The third kappa shape index (κ3) is 1.50. The van der Waals surface area contributed by atoms with E-state index in [0.29, 0.717) is 18.2 Å². The van der Waals surface area contributed by atoms with Crippen LogP contribution in [0, 0.1) is 0 Å². The van der Waals surface area contributed by atoms with Gasteiger partial charge in [0.1, 0.15) is 24.3 Å². The normalized spacial score (nSPS) is 53.1. The van der Waals surface area contributed by atoms with Gasteiger partial charge in [0.25, 0.3) is 0 Å². The molecule has 0 aliphatic carbocycles. The number of piperidine rings is 1. The van der Waals surface area contributed by atoms with E-state index in [1.54, 1.807) is 0 Å². The molecule has 16 heavy (non-hydrogen) atoms. The number of unbranched alkanes of at least 4 members (excludes halogenated alkanes) is 1. The Hall–Kier alpha value is 0.360. The second kappa shape index (κ2) is 4.23. The molecule has 0 aromatic carbocycles. The molecule has 4 rings (SSSR count). The Bertz CT molecular complexity index is 272. The molecule has 1 unspecified atom stereocenters. The number of rotatable bonds is 3. The van der Waals surface area contributed by atoms with Gasteiger partial charge in [0.15, 0.2) is 0 Å². The van der Waals surface area contributed by atoms with Crippen molar-refractivity contribution < 1.29 is 31.3 Å². The Morgan fingerprint density at radius 1 is 1.31 bits per heavy atom. The summed E-state index contributed by atoms with van der Waals surface area (Å²) in [6.45, 7) is 3.46. The fourth-order valence-electron chi connectivity index (χ4n) is 4.10. The third-order valence-corrected chi connectivity index (χ3v) is 4.98. The van der Waals surface area contributed by atoms with Gasteiger partial charge < -0.3 is 31.3 Å². The molecule has 0 aromatic rings. The van der Waals surface area contributed by atoms with Crippen LogP contribution in [0.1, 0.15) is 32.6 Å². The van der Waals surface area contributed by atoms with Crippen LogP contribution in [0.15, 0.2) is 0 Å². The van der Waals surface area contributed by atoms with E-state index in [4.69, 9.17) is 4.74 Å². The van der Waals surface area contributed by atoms with E-state index in [1.165, 1.54) is 25.8 Å². The maximum absolute atomic E-state index is 10.2. The molecule has 4 saturated heterocycles. The fourth-order valence-corrected chi connectivity index (χ4v) is 4.10. The Balaban J connectivity index is 0.000000963. The van der Waals surface area contributed by atoms with Crippen LogP contribution in [0.4, 0.5) is 0 Å². The number of aliphatic hydroxyl groups excluding tert-OH is 1. The van der Waals surface area contributed by atoms with Crippen molar-refractivity contribution >= 4 is 0 Å². The molecule has 4 aliphatic heterocycles. The largest absolute Gasteiger partial charge is 1.00 e. The van der Waals surface area contributed by atoms with E-state index >= 15 is 0 Å². The van der Waals surface area contributed by atoms with E-state index in [-0.39, 0.29) is 29.2 Å². The first-order chi connectivity index (χ1) is 7.16. The Kier molecular flexibility index (Phi) is 3.39. The number of quaternary nitrogens is 1. The molecule has 6 atom stereocenters. The van der Waals surface area contributed by atoms with Gasteiger partial charge in [-0.2, -0.15) is 0 Å². The first-order valence-corrected chi connectivity index (χ1v) is 6.35. The van der Waals surface area contributed by atoms with E-state index in [1.807, 2.05) is 0 Å². The molecular formula is C12H22BrNO2. The van der Waals surface area contributed by atoms with Crippen LogP contribution in [0.3, 0.4) is 0 Å². The van der Waals surface area contributed by atoms with Crippen molar-refractivity contribution in [2.24, 2.45) is 0 Å². The molecule has 94 valence electrons. The molecule has 4 heteroatoms. The number of hydrogen-bond donors (Lipinski definition) is 1. The molecule has 0 aromatic heterocycles. The first kappa shape index (κ1) is 12.8. The number of likely N-dealkylation sites (N-methyl/N-ethyl adjacent to an activating group) is 1. The maximum Gasteiger partial charge on any atom is 0.141 e. The Morgan fingerprint density at radius 3 is 2.62 bits per heavy atom. The second-order valence-electron chi connectivity index (χ2n) is 5.74. The van der Waals surface area contributed by atoms with E-state index in [2.05, 4.69) is 14.0 Å². The summed E-state index contributed by atoms with van der Waals surface area (Å²) in [5.74, 6) is 0. The zero-order chi connectivity index (χ0) is 10.6. The standard InChI is InChI=1S/C12H22NO2.BrH/c1-3-4-5-13(2)9-6-8-7-10(13)12(15-8)11(9)14;/h8-12,14H,3-7H2,1-2H3;1H/q+1;/p-1/t8-,9-,10+,11-,12-,13?;/m1./s1. The molecule has 4 bridgehead atoms. The van der Waals surface area contributed by atoms with Gasteiger partial charge in [-0.05, 0) is 6.42 Å². The molecule has 4 fully saturated rings. The summed E-state index contributed by atoms with van der Waals surface area (Å²) in [5.41, 5.74) is 0. The first-order valence-electron chi connectivity index (χ1n) is 6.35. The highest BCUT2D eigenvalue weighted by atomic mass is 79.9. The van der Waals surface area contributed by atoms with Crippen molar-refractivity contribution in [1.82, 2.24) is 0 Å². The van der Waals surface area contributed by atoms with Gasteiger partial charge >= 0.3 is 0 Å². The average molecular weight is 292 g/mol. The second-order valence-corrected chi connectivity index (χ2v) is 5.74. The Morgan fingerprint density at radius 2 is 2.00 bits per heavy atom. The molecule has 0 saturated carbocycles. The number of ether oxygens (including phenoxy) is 1. The van der Waals surface area contributed by atoms with Crippen LogP contribution in [0.25, 0.3) is 0 Å². The van der Waals surface area contributed by atoms with Gasteiger partial charge in [-0.25, -0.2) is 0 Å². The lowest BCUT2D eigenvalue weighted by Crippen LogP contribution is -3.00. The number of nitrogens with zero attached hydrogens (tertiary/aromatic N) is 1. The molecule has 0 spiro atoms.